The van der Waals surface area contributed by atoms with Gasteiger partial charge in [0, 0.05) is 30.9 Å². The van der Waals surface area contributed by atoms with Crippen LogP contribution in [0.4, 0.5) is 11.4 Å². The van der Waals surface area contributed by atoms with E-state index < -0.39 is 0 Å². The third-order valence-electron chi connectivity index (χ3n) is 3.58. The Labute approximate surface area is 130 Å². The minimum Gasteiger partial charge on any atom is -0.379 e. The second kappa shape index (κ2) is 7.91. The molecule has 6 nitrogen and oxygen atoms in total. The standard InChI is InChI=1S/C16H23N3O3/c1-3-15(20)17-13-4-5-14(12(2)10-13)18-16(21)11-19-6-8-22-9-7-19/h4-5,10H,3,6-9,11H2,1-2H3,(H,17,20)(H,18,21). The van der Waals surface area contributed by atoms with Gasteiger partial charge in [-0.25, -0.2) is 0 Å². The molecular formula is C16H23N3O3. The molecule has 2 rings (SSSR count). The van der Waals surface area contributed by atoms with E-state index in [2.05, 4.69) is 15.5 Å². The third kappa shape index (κ3) is 4.82. The Balaban J connectivity index is 1.91. The van der Waals surface area contributed by atoms with Crippen molar-refractivity contribution in [3.63, 3.8) is 0 Å². The van der Waals surface area contributed by atoms with E-state index in [0.29, 0.717) is 26.2 Å². The molecule has 1 saturated heterocycles. The van der Waals surface area contributed by atoms with E-state index in [1.54, 1.807) is 6.07 Å². The number of nitrogens with one attached hydrogen (secondary N) is 2. The molecule has 0 radical (unpaired) electrons. The van der Waals surface area contributed by atoms with Gasteiger partial charge in [0.2, 0.25) is 11.8 Å². The van der Waals surface area contributed by atoms with Crippen LogP contribution in [0, 0.1) is 6.92 Å². The summed E-state index contributed by atoms with van der Waals surface area (Å²) in [5.41, 5.74) is 2.44. The molecule has 6 heteroatoms. The van der Waals surface area contributed by atoms with Gasteiger partial charge >= 0.3 is 0 Å². The van der Waals surface area contributed by atoms with Crippen LogP contribution in [-0.4, -0.2) is 49.6 Å². The quantitative estimate of drug-likeness (QED) is 0.867. The Bertz CT molecular complexity index is 539. The lowest BCUT2D eigenvalue weighted by molar-refractivity contribution is -0.118. The maximum atomic E-state index is 12.1. The average molecular weight is 305 g/mol. The minimum absolute atomic E-state index is 0.0245. The largest absolute Gasteiger partial charge is 0.379 e. The van der Waals surface area contributed by atoms with E-state index >= 15 is 0 Å². The molecule has 0 aliphatic carbocycles. The van der Waals surface area contributed by atoms with E-state index in [4.69, 9.17) is 4.74 Å². The second-order valence-electron chi connectivity index (χ2n) is 5.37. The van der Waals surface area contributed by atoms with Crippen molar-refractivity contribution >= 4 is 23.2 Å². The van der Waals surface area contributed by atoms with E-state index in [0.717, 1.165) is 30.0 Å². The summed E-state index contributed by atoms with van der Waals surface area (Å²) in [6.07, 6.45) is 0.442. The molecule has 0 spiro atoms. The predicted octanol–water partition coefficient (Wildman–Crippen LogP) is 1.61. The molecule has 22 heavy (non-hydrogen) atoms. The lowest BCUT2D eigenvalue weighted by atomic mass is 10.1. The molecule has 0 unspecified atom stereocenters. The van der Waals surface area contributed by atoms with E-state index in [1.165, 1.54) is 0 Å². The lowest BCUT2D eigenvalue weighted by Gasteiger charge is -2.25. The number of anilines is 2. The van der Waals surface area contributed by atoms with Crippen molar-refractivity contribution in [1.29, 1.82) is 0 Å². The summed E-state index contributed by atoms with van der Waals surface area (Å²) in [6.45, 7) is 7.02. The number of hydrogen-bond acceptors (Lipinski definition) is 4. The Morgan fingerprint density at radius 2 is 1.91 bits per heavy atom. The van der Waals surface area contributed by atoms with Crippen LogP contribution >= 0.6 is 0 Å². The highest BCUT2D eigenvalue weighted by atomic mass is 16.5. The molecule has 1 aromatic rings. The molecule has 1 aliphatic heterocycles. The molecule has 1 fully saturated rings. The lowest BCUT2D eigenvalue weighted by Crippen LogP contribution is -2.41. The van der Waals surface area contributed by atoms with Crippen LogP contribution in [0.25, 0.3) is 0 Å². The zero-order chi connectivity index (χ0) is 15.9. The molecule has 2 amide bonds. The van der Waals surface area contributed by atoms with Crippen LogP contribution < -0.4 is 10.6 Å². The molecule has 120 valence electrons. The number of carbonyl (C=O) groups excluding carboxylic acids is 2. The van der Waals surface area contributed by atoms with Gasteiger partial charge in [-0.05, 0) is 30.7 Å². The fourth-order valence-corrected chi connectivity index (χ4v) is 2.28. The highest BCUT2D eigenvalue weighted by Crippen LogP contribution is 2.20. The first kappa shape index (κ1) is 16.5. The normalized spacial score (nSPS) is 15.4. The molecule has 0 saturated carbocycles. The minimum atomic E-state index is -0.0321. The average Bonchev–Trinajstić information content (AvgIpc) is 2.51. The molecule has 1 aromatic carbocycles. The number of carbonyl (C=O) groups is 2. The van der Waals surface area contributed by atoms with Crippen LogP contribution in [0.5, 0.6) is 0 Å². The van der Waals surface area contributed by atoms with Crippen LogP contribution in [-0.2, 0) is 14.3 Å². The van der Waals surface area contributed by atoms with Crippen LogP contribution in [0.3, 0.4) is 0 Å². The van der Waals surface area contributed by atoms with Crippen molar-refractivity contribution < 1.29 is 14.3 Å². The van der Waals surface area contributed by atoms with Gasteiger partial charge in [-0.1, -0.05) is 6.92 Å². The molecular weight excluding hydrogens is 282 g/mol. The van der Waals surface area contributed by atoms with Crippen molar-refractivity contribution in [3.8, 4) is 0 Å². The number of morpholine rings is 1. The number of rotatable bonds is 5. The zero-order valence-electron chi connectivity index (χ0n) is 13.1. The SMILES string of the molecule is CCC(=O)Nc1ccc(NC(=O)CN2CCOCC2)c(C)c1. The molecule has 0 bridgehead atoms. The van der Waals surface area contributed by atoms with Gasteiger partial charge in [-0.15, -0.1) is 0 Å². The third-order valence-corrected chi connectivity index (χ3v) is 3.58. The summed E-state index contributed by atoms with van der Waals surface area (Å²) in [6, 6.07) is 5.47. The zero-order valence-corrected chi connectivity index (χ0v) is 13.1. The van der Waals surface area contributed by atoms with Crippen molar-refractivity contribution in [2.75, 3.05) is 43.5 Å². The number of ether oxygens (including phenoxy) is 1. The molecule has 2 N–H and O–H groups in total. The summed E-state index contributed by atoms with van der Waals surface area (Å²) in [4.78, 5) is 25.5. The molecule has 0 aromatic heterocycles. The van der Waals surface area contributed by atoms with E-state index in [1.807, 2.05) is 26.0 Å². The van der Waals surface area contributed by atoms with Crippen LogP contribution in [0.2, 0.25) is 0 Å². The van der Waals surface area contributed by atoms with Crippen LogP contribution in [0.15, 0.2) is 18.2 Å². The van der Waals surface area contributed by atoms with Gasteiger partial charge in [0.05, 0.1) is 19.8 Å². The first-order valence-electron chi connectivity index (χ1n) is 7.59. The van der Waals surface area contributed by atoms with Crippen molar-refractivity contribution in [3.05, 3.63) is 23.8 Å². The topological polar surface area (TPSA) is 70.7 Å². The highest BCUT2D eigenvalue weighted by Gasteiger charge is 2.14. The van der Waals surface area contributed by atoms with Gasteiger partial charge < -0.3 is 15.4 Å². The Hall–Kier alpha value is -1.92. The first-order chi connectivity index (χ1) is 10.6. The fourth-order valence-electron chi connectivity index (χ4n) is 2.28. The van der Waals surface area contributed by atoms with E-state index in [9.17, 15) is 9.59 Å². The number of benzene rings is 1. The summed E-state index contributed by atoms with van der Waals surface area (Å²) in [5, 5.41) is 5.72. The number of nitrogens with zero attached hydrogens (tertiary/aromatic N) is 1. The fraction of sp³-hybridized carbons (Fsp3) is 0.500. The molecule has 0 atom stereocenters. The molecule has 1 heterocycles. The van der Waals surface area contributed by atoms with Crippen molar-refractivity contribution in [2.45, 2.75) is 20.3 Å². The summed E-state index contributed by atoms with van der Waals surface area (Å²) < 4.78 is 5.26. The number of hydrogen-bond donors (Lipinski definition) is 2. The summed E-state index contributed by atoms with van der Waals surface area (Å²) in [7, 11) is 0. The Morgan fingerprint density at radius 3 is 2.55 bits per heavy atom. The van der Waals surface area contributed by atoms with Gasteiger partial charge in [-0.3, -0.25) is 14.5 Å². The van der Waals surface area contributed by atoms with Gasteiger partial charge in [0.15, 0.2) is 0 Å². The number of aryl methyl sites for hydroxylation is 1. The smallest absolute Gasteiger partial charge is 0.238 e. The second-order valence-corrected chi connectivity index (χ2v) is 5.37. The number of amides is 2. The predicted molar refractivity (Wildman–Crippen MR) is 86.0 cm³/mol. The van der Waals surface area contributed by atoms with E-state index in [-0.39, 0.29) is 11.8 Å². The van der Waals surface area contributed by atoms with Gasteiger partial charge in [0.1, 0.15) is 0 Å². The Morgan fingerprint density at radius 1 is 1.18 bits per heavy atom. The highest BCUT2D eigenvalue weighted by molar-refractivity contribution is 5.94. The maximum Gasteiger partial charge on any atom is 0.238 e. The van der Waals surface area contributed by atoms with Gasteiger partial charge in [0.25, 0.3) is 0 Å². The summed E-state index contributed by atoms with van der Waals surface area (Å²) >= 11 is 0. The maximum absolute atomic E-state index is 12.1. The monoisotopic (exact) mass is 305 g/mol. The first-order valence-corrected chi connectivity index (χ1v) is 7.59. The molecule has 1 aliphatic rings. The van der Waals surface area contributed by atoms with Crippen LogP contribution in [0.1, 0.15) is 18.9 Å². The van der Waals surface area contributed by atoms with Crippen molar-refractivity contribution in [1.82, 2.24) is 4.90 Å². The summed E-state index contributed by atoms with van der Waals surface area (Å²) in [5.74, 6) is -0.0566. The Kier molecular flexibility index (Phi) is 5.91. The van der Waals surface area contributed by atoms with Crippen molar-refractivity contribution in [2.24, 2.45) is 0 Å². The van der Waals surface area contributed by atoms with Gasteiger partial charge in [-0.2, -0.15) is 0 Å².